The van der Waals surface area contributed by atoms with Crippen LogP contribution in [-0.4, -0.2) is 145 Å². The fourth-order valence-electron chi connectivity index (χ4n) is 3.89. The van der Waals surface area contributed by atoms with Gasteiger partial charge in [0, 0.05) is 13.2 Å². The second-order valence-electron chi connectivity index (χ2n) is 10.6. The largest absolute Gasteiger partial charge is 0.379 e. The van der Waals surface area contributed by atoms with Crippen LogP contribution in [0.1, 0.15) is 78.1 Å². The molecule has 0 saturated carbocycles. The summed E-state index contributed by atoms with van der Waals surface area (Å²) in [6.45, 7) is 17.3. The Kier molecular flexibility index (Phi) is 43.1. The van der Waals surface area contributed by atoms with Crippen molar-refractivity contribution in [2.24, 2.45) is 0 Å². The van der Waals surface area contributed by atoms with Crippen LogP contribution in [0.3, 0.4) is 0 Å². The highest BCUT2D eigenvalue weighted by Gasteiger charge is 1.97. The molecule has 0 saturated heterocycles. The van der Waals surface area contributed by atoms with Gasteiger partial charge in [-0.05, 0) is 12.8 Å². The Morgan fingerprint density at radius 2 is 0.356 bits per heavy atom. The Morgan fingerprint density at radius 3 is 0.600 bits per heavy atom. The molecule has 0 fully saturated rings. The number of unbranched alkanes of at least 4 members (excludes halogenated alkanes) is 8. The zero-order valence-corrected chi connectivity index (χ0v) is 29.1. The number of hydrogen-bond donors (Lipinski definition) is 0. The van der Waals surface area contributed by atoms with Crippen molar-refractivity contribution in [3.05, 3.63) is 0 Å². The minimum atomic E-state index is 0.528. The van der Waals surface area contributed by atoms with Gasteiger partial charge in [-0.25, -0.2) is 0 Å². The molecule has 0 aliphatic heterocycles. The van der Waals surface area contributed by atoms with E-state index < -0.39 is 0 Å². The van der Waals surface area contributed by atoms with Crippen molar-refractivity contribution in [2.45, 2.75) is 78.1 Å². The lowest BCUT2D eigenvalue weighted by molar-refractivity contribution is -0.0275. The van der Waals surface area contributed by atoms with Gasteiger partial charge in [-0.3, -0.25) is 0 Å². The quantitative estimate of drug-likeness (QED) is 0.0821. The molecule has 0 aromatic carbocycles. The first kappa shape index (κ1) is 44.6. The SMILES string of the molecule is CCCCCCCCCCOCCOCCOCCOCCOCCOCCOCCOCCOCCOCCOCCCC. The third-order valence-corrected chi connectivity index (χ3v) is 6.50. The maximum atomic E-state index is 5.62. The molecule has 0 N–H and O–H groups in total. The fraction of sp³-hybridized carbons (Fsp3) is 1.00. The summed E-state index contributed by atoms with van der Waals surface area (Å²) in [4.78, 5) is 0. The normalized spacial score (nSPS) is 11.6. The van der Waals surface area contributed by atoms with Crippen molar-refractivity contribution >= 4 is 0 Å². The van der Waals surface area contributed by atoms with Crippen LogP contribution in [0, 0.1) is 0 Å². The van der Waals surface area contributed by atoms with Gasteiger partial charge in [0.05, 0.1) is 132 Å². The molecule has 0 aliphatic carbocycles. The summed E-state index contributed by atoms with van der Waals surface area (Å²) >= 11 is 0. The van der Waals surface area contributed by atoms with Gasteiger partial charge in [-0.1, -0.05) is 65.2 Å². The molecule has 0 amide bonds. The van der Waals surface area contributed by atoms with E-state index in [1.165, 1.54) is 44.9 Å². The predicted molar refractivity (Wildman–Crippen MR) is 177 cm³/mol. The highest BCUT2D eigenvalue weighted by atomic mass is 16.6. The van der Waals surface area contributed by atoms with Gasteiger partial charge in [-0.2, -0.15) is 0 Å². The number of hydrogen-bond acceptors (Lipinski definition) is 11. The summed E-state index contributed by atoms with van der Waals surface area (Å²) in [5.41, 5.74) is 0. The average molecular weight is 655 g/mol. The second-order valence-corrected chi connectivity index (χ2v) is 10.6. The standard InChI is InChI=1S/C34H70O11/c1-3-5-7-8-9-10-11-12-14-36-16-18-38-20-22-40-24-26-42-28-30-44-32-34-45-33-31-43-29-27-41-25-23-39-21-19-37-17-15-35-13-6-4-2/h3-34H2,1-2H3. The van der Waals surface area contributed by atoms with Crippen LogP contribution in [0.4, 0.5) is 0 Å². The lowest BCUT2D eigenvalue weighted by Gasteiger charge is -2.09. The van der Waals surface area contributed by atoms with Crippen molar-refractivity contribution in [3.8, 4) is 0 Å². The van der Waals surface area contributed by atoms with E-state index in [1.807, 2.05) is 0 Å². The summed E-state index contributed by atoms with van der Waals surface area (Å²) in [7, 11) is 0. The molecule has 45 heavy (non-hydrogen) atoms. The molecular weight excluding hydrogens is 584 g/mol. The Bertz CT molecular complexity index is 461. The third-order valence-electron chi connectivity index (χ3n) is 6.50. The molecule has 0 unspecified atom stereocenters. The van der Waals surface area contributed by atoms with Crippen LogP contribution in [0.2, 0.25) is 0 Å². The van der Waals surface area contributed by atoms with Gasteiger partial charge in [-0.15, -0.1) is 0 Å². The Balaban J connectivity index is 3.03. The first-order chi connectivity index (χ1) is 22.4. The number of rotatable bonds is 42. The van der Waals surface area contributed by atoms with Gasteiger partial charge in [0.2, 0.25) is 0 Å². The van der Waals surface area contributed by atoms with E-state index in [9.17, 15) is 0 Å². The summed E-state index contributed by atoms with van der Waals surface area (Å²) in [6, 6.07) is 0. The van der Waals surface area contributed by atoms with E-state index in [1.54, 1.807) is 0 Å². The summed E-state index contributed by atoms with van der Waals surface area (Å²) < 4.78 is 60.4. The predicted octanol–water partition coefficient (Wildman–Crippen LogP) is 5.11. The van der Waals surface area contributed by atoms with Crippen LogP contribution >= 0.6 is 0 Å². The monoisotopic (exact) mass is 654 g/mol. The minimum absolute atomic E-state index is 0.528. The number of ether oxygens (including phenoxy) is 11. The first-order valence-corrected chi connectivity index (χ1v) is 17.8. The first-order valence-electron chi connectivity index (χ1n) is 17.8. The molecule has 0 heterocycles. The Labute approximate surface area is 275 Å². The van der Waals surface area contributed by atoms with E-state index >= 15 is 0 Å². The molecule has 272 valence electrons. The van der Waals surface area contributed by atoms with E-state index in [0.717, 1.165) is 32.5 Å². The maximum absolute atomic E-state index is 5.62. The molecule has 0 rings (SSSR count). The van der Waals surface area contributed by atoms with Crippen molar-refractivity contribution in [1.29, 1.82) is 0 Å². The third kappa shape index (κ3) is 43.6. The zero-order valence-electron chi connectivity index (χ0n) is 29.1. The van der Waals surface area contributed by atoms with E-state index in [2.05, 4.69) is 13.8 Å². The Morgan fingerprint density at radius 1 is 0.178 bits per heavy atom. The molecule has 0 spiro atoms. The topological polar surface area (TPSA) is 102 Å². The molecule has 0 atom stereocenters. The highest BCUT2D eigenvalue weighted by Crippen LogP contribution is 2.08. The lowest BCUT2D eigenvalue weighted by atomic mass is 10.1. The molecular formula is C34H70O11. The van der Waals surface area contributed by atoms with Crippen molar-refractivity contribution in [3.63, 3.8) is 0 Å². The van der Waals surface area contributed by atoms with Crippen molar-refractivity contribution in [2.75, 3.05) is 145 Å². The summed E-state index contributed by atoms with van der Waals surface area (Å²) in [6.07, 6.45) is 12.8. The van der Waals surface area contributed by atoms with E-state index in [-0.39, 0.29) is 0 Å². The molecule has 0 radical (unpaired) electrons. The maximum Gasteiger partial charge on any atom is 0.0701 e. The van der Waals surface area contributed by atoms with Crippen LogP contribution in [0.25, 0.3) is 0 Å². The second kappa shape index (κ2) is 43.6. The molecule has 11 heteroatoms. The van der Waals surface area contributed by atoms with Crippen molar-refractivity contribution < 1.29 is 52.1 Å². The van der Waals surface area contributed by atoms with Crippen LogP contribution in [-0.2, 0) is 52.1 Å². The Hall–Kier alpha value is -0.440. The molecule has 0 aliphatic rings. The highest BCUT2D eigenvalue weighted by molar-refractivity contribution is 4.46. The smallest absolute Gasteiger partial charge is 0.0701 e. The average Bonchev–Trinajstić information content (AvgIpc) is 3.05. The molecule has 0 bridgehead atoms. The van der Waals surface area contributed by atoms with Gasteiger partial charge in [0.25, 0.3) is 0 Å². The van der Waals surface area contributed by atoms with Gasteiger partial charge >= 0.3 is 0 Å². The fourth-order valence-corrected chi connectivity index (χ4v) is 3.89. The van der Waals surface area contributed by atoms with Gasteiger partial charge < -0.3 is 52.1 Å². The van der Waals surface area contributed by atoms with E-state index in [0.29, 0.717) is 132 Å². The van der Waals surface area contributed by atoms with Crippen LogP contribution in [0.15, 0.2) is 0 Å². The zero-order chi connectivity index (χ0) is 32.4. The summed E-state index contributed by atoms with van der Waals surface area (Å²) in [5.74, 6) is 0. The van der Waals surface area contributed by atoms with Gasteiger partial charge in [0.1, 0.15) is 0 Å². The van der Waals surface area contributed by atoms with Crippen LogP contribution < -0.4 is 0 Å². The molecule has 0 aromatic rings. The van der Waals surface area contributed by atoms with E-state index in [4.69, 9.17) is 52.1 Å². The molecule has 11 nitrogen and oxygen atoms in total. The molecule has 0 aromatic heterocycles. The minimum Gasteiger partial charge on any atom is -0.379 e. The van der Waals surface area contributed by atoms with Gasteiger partial charge in [0.15, 0.2) is 0 Å². The summed E-state index contributed by atoms with van der Waals surface area (Å²) in [5, 5.41) is 0. The van der Waals surface area contributed by atoms with Crippen molar-refractivity contribution in [1.82, 2.24) is 0 Å². The van der Waals surface area contributed by atoms with Crippen LogP contribution in [0.5, 0.6) is 0 Å². The lowest BCUT2D eigenvalue weighted by Crippen LogP contribution is -2.15.